The minimum Gasteiger partial charge on any atom is -0.472 e. The number of nitrogens with zero attached hydrogens (tertiary/aromatic N) is 4. The van der Waals surface area contributed by atoms with Crippen molar-refractivity contribution in [2.45, 2.75) is 51.1 Å². The fraction of sp³-hybridized carbons (Fsp3) is 0.346. The minimum atomic E-state index is -4.81. The van der Waals surface area contributed by atoms with Gasteiger partial charge in [-0.2, -0.15) is 23.4 Å². The van der Waals surface area contributed by atoms with Crippen LogP contribution in [0.25, 0.3) is 0 Å². The zero-order valence-corrected chi connectivity index (χ0v) is 19.8. The Morgan fingerprint density at radius 3 is 2.73 bits per heavy atom. The molecule has 1 aromatic heterocycles. The van der Waals surface area contributed by atoms with E-state index < -0.39 is 34.7 Å². The van der Waals surface area contributed by atoms with Gasteiger partial charge in [0.15, 0.2) is 11.6 Å². The third kappa shape index (κ3) is 4.37. The van der Waals surface area contributed by atoms with E-state index >= 15 is 4.39 Å². The van der Waals surface area contributed by atoms with Crippen LogP contribution in [-0.2, 0) is 19.3 Å². The molecule has 0 aliphatic carbocycles. The number of hydrogen-bond acceptors (Lipinski definition) is 6. The molecule has 192 valence electrons. The van der Waals surface area contributed by atoms with Gasteiger partial charge in [-0.15, -0.1) is 0 Å². The van der Waals surface area contributed by atoms with Gasteiger partial charge in [0.1, 0.15) is 18.2 Å². The quantitative estimate of drug-likeness (QED) is 0.410. The first-order valence-corrected chi connectivity index (χ1v) is 11.7. The number of aromatic nitrogens is 2. The summed E-state index contributed by atoms with van der Waals surface area (Å²) in [5.41, 5.74) is -1.95. The number of nitriles is 1. The van der Waals surface area contributed by atoms with Crippen molar-refractivity contribution in [3.8, 4) is 23.4 Å². The van der Waals surface area contributed by atoms with Crippen molar-refractivity contribution >= 4 is 5.82 Å². The molecule has 3 aromatic rings. The predicted molar refractivity (Wildman–Crippen MR) is 125 cm³/mol. The highest BCUT2D eigenvalue weighted by Gasteiger charge is 2.46. The third-order valence-electron chi connectivity index (χ3n) is 7.00. The lowest BCUT2D eigenvalue weighted by Crippen LogP contribution is -2.41. The molecule has 1 saturated heterocycles. The molecule has 2 aliphatic heterocycles. The van der Waals surface area contributed by atoms with Crippen LogP contribution in [0.3, 0.4) is 0 Å². The van der Waals surface area contributed by atoms with Crippen LogP contribution < -0.4 is 20.1 Å². The lowest BCUT2D eigenvalue weighted by Gasteiger charge is -2.31. The topological polar surface area (TPSA) is 80.4 Å². The summed E-state index contributed by atoms with van der Waals surface area (Å²) in [6, 6.07) is 10.1. The van der Waals surface area contributed by atoms with E-state index in [0.717, 1.165) is 37.9 Å². The summed E-state index contributed by atoms with van der Waals surface area (Å²) in [5.74, 6) is -1.24. The predicted octanol–water partition coefficient (Wildman–Crippen LogP) is 5.41. The normalized spacial score (nSPS) is 18.3. The molecule has 5 rings (SSSR count). The highest BCUT2D eigenvalue weighted by molar-refractivity contribution is 5.51. The summed E-state index contributed by atoms with van der Waals surface area (Å²) < 4.78 is 68.1. The molecule has 0 radical (unpaired) electrons. The Bertz CT molecular complexity index is 1460. The molecule has 0 amide bonds. The Morgan fingerprint density at radius 2 is 2.00 bits per heavy atom. The standard InChI is InChI=1S/C26H22F4N4O3/c1-2-25-9-4-10-34(25)22-12-21(32-24(35)33(22)15-25)36-14-17-5-3-6-20(23(17)27)37-19-8-7-16(13-31)11-18(19)26(28,29)30/h3,5-8,11-12H,2,4,9-10,14-15H2,1H3. The molecule has 0 N–H and O–H groups in total. The summed E-state index contributed by atoms with van der Waals surface area (Å²) in [4.78, 5) is 18.8. The van der Waals surface area contributed by atoms with Crippen molar-refractivity contribution in [1.29, 1.82) is 5.26 Å². The average Bonchev–Trinajstić information content (AvgIpc) is 3.42. The van der Waals surface area contributed by atoms with Gasteiger partial charge in [-0.3, -0.25) is 4.57 Å². The minimum absolute atomic E-state index is 0.00572. The van der Waals surface area contributed by atoms with Gasteiger partial charge in [-0.25, -0.2) is 9.18 Å². The van der Waals surface area contributed by atoms with Crippen molar-refractivity contribution < 1.29 is 27.0 Å². The van der Waals surface area contributed by atoms with Crippen molar-refractivity contribution in [3.63, 3.8) is 0 Å². The van der Waals surface area contributed by atoms with Crippen molar-refractivity contribution in [2.75, 3.05) is 11.4 Å². The van der Waals surface area contributed by atoms with Crippen LogP contribution in [-0.4, -0.2) is 21.6 Å². The molecule has 37 heavy (non-hydrogen) atoms. The van der Waals surface area contributed by atoms with Crippen molar-refractivity contribution in [3.05, 3.63) is 75.5 Å². The second-order valence-corrected chi connectivity index (χ2v) is 9.09. The van der Waals surface area contributed by atoms with Gasteiger partial charge in [0.2, 0.25) is 5.88 Å². The summed E-state index contributed by atoms with van der Waals surface area (Å²) in [6.45, 7) is 3.15. The summed E-state index contributed by atoms with van der Waals surface area (Å²) in [7, 11) is 0. The lowest BCUT2D eigenvalue weighted by molar-refractivity contribution is -0.138. The number of rotatable bonds is 6. The molecule has 1 unspecified atom stereocenters. The molecular weight excluding hydrogens is 492 g/mol. The summed E-state index contributed by atoms with van der Waals surface area (Å²) >= 11 is 0. The Labute approximate surface area is 209 Å². The maximum absolute atomic E-state index is 15.2. The zero-order chi connectivity index (χ0) is 26.4. The van der Waals surface area contributed by atoms with E-state index in [1.807, 2.05) is 0 Å². The molecule has 2 aliphatic rings. The highest BCUT2D eigenvalue weighted by Crippen LogP contribution is 2.43. The van der Waals surface area contributed by atoms with Gasteiger partial charge in [0.05, 0.1) is 29.3 Å². The van der Waals surface area contributed by atoms with E-state index in [1.165, 1.54) is 18.2 Å². The van der Waals surface area contributed by atoms with Crippen LogP contribution in [0.5, 0.6) is 17.4 Å². The van der Waals surface area contributed by atoms with Crippen LogP contribution in [0.1, 0.15) is 42.9 Å². The number of ether oxygens (including phenoxy) is 2. The first kappa shape index (κ1) is 24.6. The second-order valence-electron chi connectivity index (χ2n) is 9.09. The number of halogens is 4. The summed E-state index contributed by atoms with van der Waals surface area (Å²) in [5, 5.41) is 8.92. The number of hydrogen-bond donors (Lipinski definition) is 0. The van der Waals surface area contributed by atoms with Crippen LogP contribution in [0.15, 0.2) is 47.3 Å². The van der Waals surface area contributed by atoms with Gasteiger partial charge < -0.3 is 14.4 Å². The van der Waals surface area contributed by atoms with Gasteiger partial charge in [0, 0.05) is 18.2 Å². The SMILES string of the molecule is CCC12CCCN1c1cc(OCc3cccc(Oc4ccc(C#N)cc4C(F)(F)F)c3F)nc(=O)n1C2. The Balaban J connectivity index is 1.38. The number of anilines is 1. The summed E-state index contributed by atoms with van der Waals surface area (Å²) in [6.07, 6.45) is -1.92. The second kappa shape index (κ2) is 9.10. The Kier molecular flexibility index (Phi) is 6.06. The monoisotopic (exact) mass is 514 g/mol. The largest absolute Gasteiger partial charge is 0.472 e. The van der Waals surface area contributed by atoms with Crippen LogP contribution in [0, 0.1) is 17.1 Å². The molecule has 0 bridgehead atoms. The van der Waals surface area contributed by atoms with Crippen molar-refractivity contribution in [2.24, 2.45) is 0 Å². The molecule has 3 heterocycles. The van der Waals surface area contributed by atoms with Gasteiger partial charge in [0.25, 0.3) is 0 Å². The molecule has 0 spiro atoms. The van der Waals surface area contributed by atoms with E-state index in [4.69, 9.17) is 14.7 Å². The van der Waals surface area contributed by atoms with Crippen molar-refractivity contribution in [1.82, 2.24) is 9.55 Å². The van der Waals surface area contributed by atoms with E-state index in [0.29, 0.717) is 18.4 Å². The van der Waals surface area contributed by atoms with Crippen LogP contribution >= 0.6 is 0 Å². The zero-order valence-electron chi connectivity index (χ0n) is 19.8. The molecule has 1 fully saturated rings. The molecular formula is C26H22F4N4O3. The molecule has 1 atom stereocenters. The van der Waals surface area contributed by atoms with E-state index in [1.54, 1.807) is 16.7 Å². The maximum atomic E-state index is 15.2. The lowest BCUT2D eigenvalue weighted by atomic mass is 9.94. The maximum Gasteiger partial charge on any atom is 0.420 e. The molecule has 7 nitrogen and oxygen atoms in total. The fourth-order valence-electron chi connectivity index (χ4n) is 5.08. The Hall–Kier alpha value is -4.07. The molecule has 11 heteroatoms. The van der Waals surface area contributed by atoms with Gasteiger partial charge in [-0.05, 0) is 43.5 Å². The number of alkyl halides is 3. The van der Waals surface area contributed by atoms with E-state index in [2.05, 4.69) is 16.8 Å². The fourth-order valence-corrected chi connectivity index (χ4v) is 5.08. The molecule has 0 saturated carbocycles. The van der Waals surface area contributed by atoms with Gasteiger partial charge >= 0.3 is 11.9 Å². The Morgan fingerprint density at radius 1 is 1.19 bits per heavy atom. The number of benzene rings is 2. The van der Waals surface area contributed by atoms with E-state index in [9.17, 15) is 18.0 Å². The van der Waals surface area contributed by atoms with Crippen LogP contribution in [0.2, 0.25) is 0 Å². The van der Waals surface area contributed by atoms with Gasteiger partial charge in [-0.1, -0.05) is 19.1 Å². The first-order chi connectivity index (χ1) is 17.6. The average molecular weight is 514 g/mol. The molecule has 2 aromatic carbocycles. The highest BCUT2D eigenvalue weighted by atomic mass is 19.4. The smallest absolute Gasteiger partial charge is 0.420 e. The first-order valence-electron chi connectivity index (χ1n) is 11.7. The van der Waals surface area contributed by atoms with Crippen LogP contribution in [0.4, 0.5) is 23.4 Å². The third-order valence-corrected chi connectivity index (χ3v) is 7.00. The number of fused-ring (bicyclic) bond motifs is 3. The van der Waals surface area contributed by atoms with E-state index in [-0.39, 0.29) is 29.2 Å².